The van der Waals surface area contributed by atoms with Crippen LogP contribution in [0.15, 0.2) is 42.6 Å². The summed E-state index contributed by atoms with van der Waals surface area (Å²) in [6, 6.07) is 7.83. The lowest BCUT2D eigenvalue weighted by Crippen LogP contribution is -2.40. The maximum absolute atomic E-state index is 14.1. The number of carbonyl (C=O) groups is 1. The molecule has 9 heteroatoms. The van der Waals surface area contributed by atoms with E-state index in [2.05, 4.69) is 10.4 Å². The van der Waals surface area contributed by atoms with Gasteiger partial charge in [-0.25, -0.2) is 13.5 Å². The molecular formula is C20H14F2N4O3. The monoisotopic (exact) mass is 396 g/mol. The number of nitro benzene ring substituents is 1. The molecule has 1 spiro atoms. The van der Waals surface area contributed by atoms with Crippen molar-refractivity contribution >= 4 is 17.3 Å². The zero-order chi connectivity index (χ0) is 20.3. The molecule has 1 saturated carbocycles. The quantitative estimate of drug-likeness (QED) is 0.533. The predicted molar refractivity (Wildman–Crippen MR) is 99.7 cm³/mol. The summed E-state index contributed by atoms with van der Waals surface area (Å²) >= 11 is 0. The molecule has 5 rings (SSSR count). The third kappa shape index (κ3) is 2.47. The Balaban J connectivity index is 1.63. The number of nitrogens with zero attached hydrogens (tertiary/aromatic N) is 3. The van der Waals surface area contributed by atoms with Crippen LogP contribution in [0.1, 0.15) is 24.8 Å². The predicted octanol–water partition coefficient (Wildman–Crippen LogP) is 4.10. The number of nitro groups is 1. The third-order valence-electron chi connectivity index (χ3n) is 5.75. The summed E-state index contributed by atoms with van der Waals surface area (Å²) in [6.45, 7) is 0. The second kappa shape index (κ2) is 5.94. The smallest absolute Gasteiger partial charge is 0.293 e. The fraction of sp³-hybridized carbons (Fsp3) is 0.200. The van der Waals surface area contributed by atoms with Gasteiger partial charge >= 0.3 is 0 Å². The lowest BCUT2D eigenvalue weighted by atomic mass is 9.65. The Hall–Kier alpha value is -3.62. The van der Waals surface area contributed by atoms with Gasteiger partial charge in [-0.3, -0.25) is 14.9 Å². The average Bonchev–Trinajstić information content (AvgIpc) is 3.22. The number of hydrogen-bond acceptors (Lipinski definition) is 4. The Kier molecular flexibility index (Phi) is 3.58. The van der Waals surface area contributed by atoms with Crippen molar-refractivity contribution < 1.29 is 18.5 Å². The number of anilines is 1. The first kappa shape index (κ1) is 17.5. The maximum Gasteiger partial charge on any atom is 0.293 e. The Labute approximate surface area is 163 Å². The normalized spacial score (nSPS) is 16.4. The van der Waals surface area contributed by atoms with Crippen molar-refractivity contribution in [2.24, 2.45) is 0 Å². The van der Waals surface area contributed by atoms with Gasteiger partial charge in [0.05, 0.1) is 16.0 Å². The minimum Gasteiger partial charge on any atom is -0.319 e. The van der Waals surface area contributed by atoms with Crippen LogP contribution in [0.5, 0.6) is 0 Å². The van der Waals surface area contributed by atoms with E-state index in [1.54, 1.807) is 12.1 Å². The Bertz CT molecular complexity index is 1200. The Morgan fingerprint density at radius 2 is 1.97 bits per heavy atom. The average molecular weight is 396 g/mol. The number of aromatic nitrogens is 2. The van der Waals surface area contributed by atoms with Gasteiger partial charge in [0.2, 0.25) is 5.91 Å². The second-order valence-corrected chi connectivity index (χ2v) is 7.31. The number of nitrogens with one attached hydrogen (secondary N) is 1. The highest BCUT2D eigenvalue weighted by Crippen LogP contribution is 2.54. The molecule has 1 aromatic heterocycles. The zero-order valence-corrected chi connectivity index (χ0v) is 15.0. The molecule has 0 atom stereocenters. The number of carbonyl (C=O) groups excluding carboxylic acids is 1. The van der Waals surface area contributed by atoms with Crippen LogP contribution in [0.25, 0.3) is 16.9 Å². The molecule has 1 N–H and O–H groups in total. The van der Waals surface area contributed by atoms with Crippen molar-refractivity contribution in [1.82, 2.24) is 9.78 Å². The summed E-state index contributed by atoms with van der Waals surface area (Å²) in [5.41, 5.74) is 0.834. The molecule has 0 unspecified atom stereocenters. The Morgan fingerprint density at radius 1 is 1.17 bits per heavy atom. The number of halogens is 2. The summed E-state index contributed by atoms with van der Waals surface area (Å²) in [5.74, 6) is -1.68. The van der Waals surface area contributed by atoms with Gasteiger partial charge in [0.25, 0.3) is 5.69 Å². The van der Waals surface area contributed by atoms with Gasteiger partial charge in [-0.1, -0.05) is 6.42 Å². The van der Waals surface area contributed by atoms with Crippen molar-refractivity contribution in [2.45, 2.75) is 24.7 Å². The van der Waals surface area contributed by atoms with Crippen LogP contribution in [-0.4, -0.2) is 20.6 Å². The summed E-state index contributed by atoms with van der Waals surface area (Å²) in [4.78, 5) is 23.6. The minimum atomic E-state index is -0.775. The second-order valence-electron chi connectivity index (χ2n) is 7.31. The molecule has 29 heavy (non-hydrogen) atoms. The Morgan fingerprint density at radius 3 is 2.62 bits per heavy atom. The van der Waals surface area contributed by atoms with Gasteiger partial charge in [-0.05, 0) is 42.7 Å². The van der Waals surface area contributed by atoms with E-state index in [0.29, 0.717) is 29.7 Å². The van der Waals surface area contributed by atoms with Gasteiger partial charge in [-0.2, -0.15) is 5.10 Å². The van der Waals surface area contributed by atoms with Crippen LogP contribution < -0.4 is 5.32 Å². The topological polar surface area (TPSA) is 90.1 Å². The molecule has 146 valence electrons. The van der Waals surface area contributed by atoms with E-state index in [1.807, 2.05) is 0 Å². The highest BCUT2D eigenvalue weighted by atomic mass is 19.1. The van der Waals surface area contributed by atoms with Crippen LogP contribution in [-0.2, 0) is 10.2 Å². The SMILES string of the molecule is O=C1Nc2c([N+](=O)[O-])cc(-c3ccn(-c4ccc(F)cc4F)n3)cc2C12CCC2. The highest BCUT2D eigenvalue weighted by molar-refractivity contribution is 6.09. The maximum atomic E-state index is 14.1. The largest absolute Gasteiger partial charge is 0.319 e. The molecule has 1 aliphatic heterocycles. The molecule has 7 nitrogen and oxygen atoms in total. The molecule has 2 heterocycles. The number of benzene rings is 2. The van der Waals surface area contributed by atoms with Crippen LogP contribution in [0.2, 0.25) is 0 Å². The number of amides is 1. The molecule has 0 saturated heterocycles. The summed E-state index contributed by atoms with van der Waals surface area (Å²) in [5, 5.41) is 18.6. The van der Waals surface area contributed by atoms with E-state index in [-0.39, 0.29) is 23.0 Å². The molecule has 2 aliphatic rings. The lowest BCUT2D eigenvalue weighted by Gasteiger charge is -2.36. The van der Waals surface area contributed by atoms with Crippen LogP contribution in [0, 0.1) is 21.7 Å². The van der Waals surface area contributed by atoms with Crippen LogP contribution in [0.3, 0.4) is 0 Å². The number of hydrogen-bond donors (Lipinski definition) is 1. The zero-order valence-electron chi connectivity index (χ0n) is 15.0. The van der Waals surface area contributed by atoms with E-state index in [1.165, 1.54) is 23.0 Å². The first-order valence-corrected chi connectivity index (χ1v) is 9.05. The standard InChI is InChI=1S/C20H14F2N4O3/c21-12-2-3-16(14(22)10-12)25-7-4-15(24-25)11-8-13-18(17(9-11)26(28)29)23-19(27)20(13)5-1-6-20/h2-4,7-10H,1,5-6H2,(H,23,27). The summed E-state index contributed by atoms with van der Waals surface area (Å²) in [7, 11) is 0. The molecule has 1 amide bonds. The molecule has 0 bridgehead atoms. The molecule has 1 fully saturated rings. The van der Waals surface area contributed by atoms with Gasteiger partial charge in [0.1, 0.15) is 17.2 Å². The molecule has 0 radical (unpaired) electrons. The van der Waals surface area contributed by atoms with Crippen molar-refractivity contribution in [3.05, 3.63) is 69.9 Å². The molecular weight excluding hydrogens is 382 g/mol. The van der Waals surface area contributed by atoms with Gasteiger partial charge < -0.3 is 5.32 Å². The van der Waals surface area contributed by atoms with Crippen molar-refractivity contribution in [2.75, 3.05) is 5.32 Å². The van der Waals surface area contributed by atoms with E-state index < -0.39 is 22.0 Å². The van der Waals surface area contributed by atoms with Gasteiger partial charge in [-0.15, -0.1) is 0 Å². The van der Waals surface area contributed by atoms with E-state index >= 15 is 0 Å². The van der Waals surface area contributed by atoms with Gasteiger partial charge in [0.15, 0.2) is 5.82 Å². The molecule has 2 aromatic carbocycles. The van der Waals surface area contributed by atoms with E-state index in [9.17, 15) is 23.7 Å². The van der Waals surface area contributed by atoms with Gasteiger partial charge in [0, 0.05) is 23.9 Å². The lowest BCUT2D eigenvalue weighted by molar-refractivity contribution is -0.383. The first-order chi connectivity index (χ1) is 13.9. The number of rotatable bonds is 3. The third-order valence-corrected chi connectivity index (χ3v) is 5.75. The minimum absolute atomic E-state index is 0.0561. The molecule has 1 aliphatic carbocycles. The summed E-state index contributed by atoms with van der Waals surface area (Å²) < 4.78 is 28.5. The van der Waals surface area contributed by atoms with Crippen LogP contribution in [0.4, 0.5) is 20.2 Å². The first-order valence-electron chi connectivity index (χ1n) is 9.05. The van der Waals surface area contributed by atoms with Crippen LogP contribution >= 0.6 is 0 Å². The van der Waals surface area contributed by atoms with E-state index in [0.717, 1.165) is 18.6 Å². The molecule has 3 aromatic rings. The van der Waals surface area contributed by atoms with E-state index in [4.69, 9.17) is 0 Å². The fourth-order valence-corrected chi connectivity index (χ4v) is 4.09. The van der Waals surface area contributed by atoms with Crippen molar-refractivity contribution in [1.29, 1.82) is 0 Å². The highest BCUT2D eigenvalue weighted by Gasteiger charge is 2.53. The summed E-state index contributed by atoms with van der Waals surface area (Å²) in [6.07, 6.45) is 3.65. The number of fused-ring (bicyclic) bond motifs is 2. The van der Waals surface area contributed by atoms with Crippen molar-refractivity contribution in [3.63, 3.8) is 0 Å². The fourth-order valence-electron chi connectivity index (χ4n) is 4.09. The van der Waals surface area contributed by atoms with Crippen molar-refractivity contribution in [3.8, 4) is 16.9 Å².